The molecule has 3 aromatic rings. The SMILES string of the molecule is CC(=O)[C@H]1[C@H](c2ccc(F)cc2)C2(C(=O)c3ccccc3C2=O)[C@@H]2C=Cc3cc(F)ccc3N21. The molecule has 0 N–H and O–H groups in total. The average Bonchev–Trinajstić information content (AvgIpc) is 3.26. The summed E-state index contributed by atoms with van der Waals surface area (Å²) in [6.07, 6.45) is 3.43. The quantitative estimate of drug-likeness (QED) is 0.511. The fourth-order valence-electron chi connectivity index (χ4n) is 6.14. The van der Waals surface area contributed by atoms with Crippen LogP contribution < -0.4 is 4.90 Å². The van der Waals surface area contributed by atoms with E-state index in [0.717, 1.165) is 0 Å². The maximum absolute atomic E-state index is 14.1. The zero-order valence-corrected chi connectivity index (χ0v) is 18.2. The molecule has 2 aliphatic heterocycles. The van der Waals surface area contributed by atoms with Crippen LogP contribution in [0.15, 0.2) is 72.8 Å². The van der Waals surface area contributed by atoms with E-state index in [2.05, 4.69) is 0 Å². The molecule has 4 nitrogen and oxygen atoms in total. The fourth-order valence-corrected chi connectivity index (χ4v) is 6.14. The van der Waals surface area contributed by atoms with Crippen LogP contribution in [-0.2, 0) is 4.79 Å². The van der Waals surface area contributed by atoms with Crippen molar-refractivity contribution in [2.75, 3.05) is 4.90 Å². The second-order valence-corrected chi connectivity index (χ2v) is 9.07. The Balaban J connectivity index is 1.68. The van der Waals surface area contributed by atoms with E-state index in [1.54, 1.807) is 47.4 Å². The van der Waals surface area contributed by atoms with Crippen molar-refractivity contribution in [2.45, 2.75) is 24.9 Å². The van der Waals surface area contributed by atoms with E-state index >= 15 is 0 Å². The Morgan fingerprint density at radius 2 is 1.50 bits per heavy atom. The van der Waals surface area contributed by atoms with Crippen molar-refractivity contribution >= 4 is 29.1 Å². The van der Waals surface area contributed by atoms with Gasteiger partial charge in [0.2, 0.25) is 0 Å². The van der Waals surface area contributed by atoms with Crippen LogP contribution in [0.25, 0.3) is 6.08 Å². The molecule has 0 amide bonds. The molecule has 1 saturated heterocycles. The van der Waals surface area contributed by atoms with Gasteiger partial charge in [0.05, 0.1) is 12.1 Å². The first-order chi connectivity index (χ1) is 16.4. The summed E-state index contributed by atoms with van der Waals surface area (Å²) in [5.74, 6) is -2.68. The number of carbonyl (C=O) groups excluding carboxylic acids is 3. The van der Waals surface area contributed by atoms with Gasteiger partial charge < -0.3 is 4.90 Å². The van der Waals surface area contributed by atoms with Gasteiger partial charge in [0, 0.05) is 28.3 Å². The summed E-state index contributed by atoms with van der Waals surface area (Å²) in [6.45, 7) is 1.43. The third kappa shape index (κ3) is 2.48. The molecule has 168 valence electrons. The first-order valence-electron chi connectivity index (χ1n) is 11.1. The third-order valence-electron chi connectivity index (χ3n) is 7.41. The van der Waals surface area contributed by atoms with Crippen LogP contribution in [0, 0.1) is 17.0 Å². The average molecular weight is 455 g/mol. The predicted molar refractivity (Wildman–Crippen MR) is 123 cm³/mol. The van der Waals surface area contributed by atoms with Crippen LogP contribution in [0.3, 0.4) is 0 Å². The lowest BCUT2D eigenvalue weighted by atomic mass is 9.64. The summed E-state index contributed by atoms with van der Waals surface area (Å²) in [7, 11) is 0. The van der Waals surface area contributed by atoms with Crippen LogP contribution in [0.5, 0.6) is 0 Å². The molecule has 0 aromatic heterocycles. The minimum atomic E-state index is -1.61. The molecule has 0 saturated carbocycles. The summed E-state index contributed by atoms with van der Waals surface area (Å²) in [4.78, 5) is 43.3. The smallest absolute Gasteiger partial charge is 0.180 e. The number of ketones is 3. The number of carbonyl (C=O) groups is 3. The van der Waals surface area contributed by atoms with E-state index in [-0.39, 0.29) is 17.3 Å². The molecule has 1 aliphatic carbocycles. The van der Waals surface area contributed by atoms with Crippen LogP contribution in [-0.4, -0.2) is 29.4 Å². The highest BCUT2D eigenvalue weighted by molar-refractivity contribution is 6.32. The molecule has 0 bridgehead atoms. The number of hydrogen-bond acceptors (Lipinski definition) is 4. The van der Waals surface area contributed by atoms with Crippen LogP contribution >= 0.6 is 0 Å². The molecule has 0 radical (unpaired) electrons. The molecule has 34 heavy (non-hydrogen) atoms. The molecule has 6 rings (SSSR count). The summed E-state index contributed by atoms with van der Waals surface area (Å²) in [5, 5.41) is 0. The molecule has 3 atom stereocenters. The third-order valence-corrected chi connectivity index (χ3v) is 7.41. The normalized spacial score (nSPS) is 23.7. The van der Waals surface area contributed by atoms with Gasteiger partial charge in [-0.25, -0.2) is 8.78 Å². The van der Waals surface area contributed by atoms with Gasteiger partial charge in [-0.3, -0.25) is 14.4 Å². The Morgan fingerprint density at radius 1 is 0.882 bits per heavy atom. The van der Waals surface area contributed by atoms with Crippen molar-refractivity contribution in [2.24, 2.45) is 5.41 Å². The van der Waals surface area contributed by atoms with E-state index in [9.17, 15) is 23.2 Å². The zero-order chi connectivity index (χ0) is 23.8. The van der Waals surface area contributed by atoms with Crippen LogP contribution in [0.2, 0.25) is 0 Å². The molecule has 1 spiro atoms. The van der Waals surface area contributed by atoms with Crippen molar-refractivity contribution in [3.63, 3.8) is 0 Å². The van der Waals surface area contributed by atoms with Crippen molar-refractivity contribution in [1.29, 1.82) is 0 Å². The Hall–Kier alpha value is -3.93. The highest BCUT2D eigenvalue weighted by atomic mass is 19.1. The molecule has 1 fully saturated rings. The number of nitrogens with zero attached hydrogens (tertiary/aromatic N) is 1. The minimum absolute atomic E-state index is 0.238. The lowest BCUT2D eigenvalue weighted by molar-refractivity contribution is -0.118. The van der Waals surface area contributed by atoms with E-state index in [0.29, 0.717) is 27.9 Å². The van der Waals surface area contributed by atoms with E-state index < -0.39 is 35.1 Å². The van der Waals surface area contributed by atoms with Gasteiger partial charge in [-0.2, -0.15) is 0 Å². The van der Waals surface area contributed by atoms with Crippen molar-refractivity contribution in [3.05, 3.63) is 107 Å². The van der Waals surface area contributed by atoms with E-state index in [1.807, 2.05) is 0 Å². The van der Waals surface area contributed by atoms with Gasteiger partial charge in [0.15, 0.2) is 17.3 Å². The maximum Gasteiger partial charge on any atom is 0.180 e. The van der Waals surface area contributed by atoms with Crippen molar-refractivity contribution in [3.8, 4) is 0 Å². The van der Waals surface area contributed by atoms with Gasteiger partial charge >= 0.3 is 0 Å². The lowest BCUT2D eigenvalue weighted by Gasteiger charge is -2.37. The molecule has 0 unspecified atom stereocenters. The minimum Gasteiger partial charge on any atom is -0.352 e. The monoisotopic (exact) mass is 455 g/mol. The van der Waals surface area contributed by atoms with Gasteiger partial charge in [-0.15, -0.1) is 0 Å². The molecule has 3 aliphatic rings. The molecular weight excluding hydrogens is 436 g/mol. The van der Waals surface area contributed by atoms with E-state index in [4.69, 9.17) is 0 Å². The van der Waals surface area contributed by atoms with Gasteiger partial charge in [0.25, 0.3) is 0 Å². The summed E-state index contributed by atoms with van der Waals surface area (Å²) < 4.78 is 27.8. The zero-order valence-electron chi connectivity index (χ0n) is 18.2. The van der Waals surface area contributed by atoms with Gasteiger partial charge in [-0.05, 0) is 42.8 Å². The highest BCUT2D eigenvalue weighted by Gasteiger charge is 2.71. The number of halogens is 2. The Labute approximate surface area is 194 Å². The largest absolute Gasteiger partial charge is 0.352 e. The molecule has 3 aromatic carbocycles. The predicted octanol–water partition coefficient (Wildman–Crippen LogP) is 4.99. The topological polar surface area (TPSA) is 54.5 Å². The maximum atomic E-state index is 14.1. The number of Topliss-reactive ketones (excluding diaryl/α,β-unsaturated/α-hetero) is 3. The van der Waals surface area contributed by atoms with Crippen molar-refractivity contribution in [1.82, 2.24) is 0 Å². The van der Waals surface area contributed by atoms with Crippen molar-refractivity contribution < 1.29 is 23.2 Å². The first-order valence-corrected chi connectivity index (χ1v) is 11.1. The Kier molecular flexibility index (Phi) is 4.27. The second kappa shape index (κ2) is 7.03. The Bertz CT molecular complexity index is 1390. The number of benzene rings is 3. The standard InChI is InChI=1S/C28H19F2NO3/c1-15(32)25-24(16-6-9-18(29)10-7-16)28(26(33)20-4-2-3-5-21(20)27(28)34)23-13-8-17-14-19(30)11-12-22(17)31(23)25/h2-14,23-25H,1H3/t23-,24-,25-/m0/s1. The number of anilines is 1. The first kappa shape index (κ1) is 20.7. The number of fused-ring (bicyclic) bond motifs is 5. The summed E-state index contributed by atoms with van der Waals surface area (Å²) >= 11 is 0. The second-order valence-electron chi connectivity index (χ2n) is 9.07. The number of hydrogen-bond donors (Lipinski definition) is 0. The number of rotatable bonds is 2. The highest BCUT2D eigenvalue weighted by Crippen LogP contribution is 2.60. The lowest BCUT2D eigenvalue weighted by Crippen LogP contribution is -2.48. The van der Waals surface area contributed by atoms with E-state index in [1.165, 1.54) is 43.3 Å². The molecule has 6 heteroatoms. The van der Waals surface area contributed by atoms with Crippen LogP contribution in [0.4, 0.5) is 14.5 Å². The fraction of sp³-hybridized carbons (Fsp3) is 0.179. The van der Waals surface area contributed by atoms with Crippen LogP contribution in [0.1, 0.15) is 44.7 Å². The van der Waals surface area contributed by atoms with Gasteiger partial charge in [0.1, 0.15) is 17.0 Å². The summed E-state index contributed by atoms with van der Waals surface area (Å²) in [6, 6.07) is 14.9. The summed E-state index contributed by atoms with van der Waals surface area (Å²) in [5.41, 5.74) is 0.703. The van der Waals surface area contributed by atoms with Gasteiger partial charge in [-0.1, -0.05) is 48.6 Å². The Morgan fingerprint density at radius 3 is 2.12 bits per heavy atom. The molecular formula is C28H19F2NO3. The molecule has 2 heterocycles.